The molecule has 2 aromatic carbocycles. The monoisotopic (exact) mass is 365 g/mol. The highest BCUT2D eigenvalue weighted by molar-refractivity contribution is 6.39. The van der Waals surface area contributed by atoms with Gasteiger partial charge in [0.15, 0.2) is 5.54 Å². The number of fused-ring (bicyclic) bond motifs is 2. The summed E-state index contributed by atoms with van der Waals surface area (Å²) < 4.78 is 10.5. The number of ether oxygens (including phenoxy) is 2. The van der Waals surface area contributed by atoms with Crippen LogP contribution in [0.15, 0.2) is 53.6 Å². The van der Waals surface area contributed by atoms with Crippen LogP contribution in [0.3, 0.4) is 0 Å². The lowest BCUT2D eigenvalue weighted by Gasteiger charge is -2.32. The predicted molar refractivity (Wildman–Crippen MR) is 101 cm³/mol. The summed E-state index contributed by atoms with van der Waals surface area (Å²) in [6.45, 7) is 1.98. The Labute approximate surface area is 156 Å². The largest absolute Gasteiger partial charge is 0.497 e. The van der Waals surface area contributed by atoms with Crippen molar-refractivity contribution < 1.29 is 19.1 Å². The Kier molecular flexibility index (Phi) is 4.07. The zero-order valence-electron chi connectivity index (χ0n) is 15.1. The van der Waals surface area contributed by atoms with Crippen LogP contribution in [0, 0.1) is 0 Å². The first-order chi connectivity index (χ1) is 13.1. The second-order valence-corrected chi connectivity index (χ2v) is 6.32. The second kappa shape index (κ2) is 6.42. The van der Waals surface area contributed by atoms with E-state index in [-0.39, 0.29) is 24.6 Å². The standard InChI is InChI=1S/C20H19N3O4/c1-3-27-18(24)17-12-20(23(22-17)13-7-5-4-6-8-13)15-11-14(26-2)9-10-16(15)21-19(20)25/h4-11H,3,12H2,1-2H3,(H,21,25)/t20-/m1/s1. The van der Waals surface area contributed by atoms with Gasteiger partial charge in [-0.3, -0.25) is 4.79 Å². The van der Waals surface area contributed by atoms with Crippen molar-refractivity contribution in [1.29, 1.82) is 0 Å². The smallest absolute Gasteiger partial charge is 0.354 e. The third-order valence-electron chi connectivity index (χ3n) is 4.81. The van der Waals surface area contributed by atoms with Gasteiger partial charge in [-0.2, -0.15) is 5.10 Å². The Morgan fingerprint density at radius 1 is 1.26 bits per heavy atom. The van der Waals surface area contributed by atoms with Crippen molar-refractivity contribution in [3.05, 3.63) is 54.1 Å². The van der Waals surface area contributed by atoms with Crippen molar-refractivity contribution in [3.63, 3.8) is 0 Å². The minimum atomic E-state index is -1.16. The third-order valence-corrected chi connectivity index (χ3v) is 4.81. The molecule has 7 heteroatoms. The first-order valence-electron chi connectivity index (χ1n) is 8.70. The zero-order valence-corrected chi connectivity index (χ0v) is 15.1. The van der Waals surface area contributed by atoms with Crippen LogP contribution in [0.4, 0.5) is 11.4 Å². The molecule has 1 amide bonds. The first kappa shape index (κ1) is 17.1. The van der Waals surface area contributed by atoms with Gasteiger partial charge < -0.3 is 14.8 Å². The van der Waals surface area contributed by atoms with Gasteiger partial charge in [-0.1, -0.05) is 18.2 Å². The van der Waals surface area contributed by atoms with E-state index in [2.05, 4.69) is 10.4 Å². The number of carbonyl (C=O) groups is 2. The Hall–Kier alpha value is -3.35. The van der Waals surface area contributed by atoms with Crippen LogP contribution in [0.25, 0.3) is 0 Å². The number of rotatable bonds is 4. The van der Waals surface area contributed by atoms with Gasteiger partial charge in [0.2, 0.25) is 0 Å². The molecule has 2 aromatic rings. The number of hydrogen-bond acceptors (Lipinski definition) is 6. The van der Waals surface area contributed by atoms with Gasteiger partial charge in [0.25, 0.3) is 5.91 Å². The van der Waals surface area contributed by atoms with Crippen LogP contribution in [0.1, 0.15) is 18.9 Å². The van der Waals surface area contributed by atoms with Gasteiger partial charge in [-0.05, 0) is 37.3 Å². The summed E-state index contributed by atoms with van der Waals surface area (Å²) in [4.78, 5) is 25.5. The van der Waals surface area contributed by atoms with E-state index in [4.69, 9.17) is 9.47 Å². The number of esters is 1. The summed E-state index contributed by atoms with van der Waals surface area (Å²) in [5.41, 5.74) is 1.17. The van der Waals surface area contributed by atoms with Crippen molar-refractivity contribution in [2.75, 3.05) is 24.0 Å². The normalized spacial score (nSPS) is 20.3. The molecule has 0 radical (unpaired) electrons. The number of amides is 1. The highest BCUT2D eigenvalue weighted by Gasteiger charge is 2.57. The van der Waals surface area contributed by atoms with E-state index in [0.717, 1.165) is 5.56 Å². The van der Waals surface area contributed by atoms with Gasteiger partial charge in [0.1, 0.15) is 11.5 Å². The van der Waals surface area contributed by atoms with Crippen molar-refractivity contribution in [1.82, 2.24) is 0 Å². The van der Waals surface area contributed by atoms with Crippen molar-refractivity contribution in [2.24, 2.45) is 5.10 Å². The Bertz CT molecular complexity index is 941. The lowest BCUT2D eigenvalue weighted by Crippen LogP contribution is -2.46. The average molecular weight is 365 g/mol. The van der Waals surface area contributed by atoms with Gasteiger partial charge in [0.05, 0.1) is 19.4 Å². The number of anilines is 2. The third kappa shape index (κ3) is 2.54. The maximum absolute atomic E-state index is 13.1. The van der Waals surface area contributed by atoms with E-state index < -0.39 is 11.5 Å². The zero-order chi connectivity index (χ0) is 19.0. The number of hydrogen-bond donors (Lipinski definition) is 1. The number of carbonyl (C=O) groups excluding carboxylic acids is 2. The summed E-state index contributed by atoms with van der Waals surface area (Å²) in [6, 6.07) is 14.7. The Balaban J connectivity index is 1.88. The maximum Gasteiger partial charge on any atom is 0.354 e. The molecule has 0 saturated carbocycles. The highest BCUT2D eigenvalue weighted by Crippen LogP contribution is 2.49. The molecule has 138 valence electrons. The molecular formula is C20H19N3O4. The molecule has 4 rings (SSSR count). The van der Waals surface area contributed by atoms with Crippen LogP contribution in [-0.4, -0.2) is 31.3 Å². The molecule has 2 aliphatic rings. The molecule has 1 spiro atoms. The van der Waals surface area contributed by atoms with E-state index >= 15 is 0 Å². The molecule has 0 aromatic heterocycles. The van der Waals surface area contributed by atoms with Crippen molar-refractivity contribution in [2.45, 2.75) is 18.9 Å². The summed E-state index contributed by atoms with van der Waals surface area (Å²) in [6.07, 6.45) is 0.118. The summed E-state index contributed by atoms with van der Waals surface area (Å²) in [5.74, 6) is -0.126. The maximum atomic E-state index is 13.1. The summed E-state index contributed by atoms with van der Waals surface area (Å²) in [7, 11) is 1.57. The minimum absolute atomic E-state index is 0.118. The Morgan fingerprint density at radius 3 is 2.74 bits per heavy atom. The predicted octanol–water partition coefficient (Wildman–Crippen LogP) is 2.67. The molecule has 0 fully saturated rings. The fraction of sp³-hybridized carbons (Fsp3) is 0.250. The molecule has 1 atom stereocenters. The van der Waals surface area contributed by atoms with Gasteiger partial charge in [0, 0.05) is 17.7 Å². The topological polar surface area (TPSA) is 80.2 Å². The molecule has 27 heavy (non-hydrogen) atoms. The molecule has 0 saturated heterocycles. The van der Waals surface area contributed by atoms with Crippen molar-refractivity contribution >= 4 is 29.0 Å². The number of para-hydroxylation sites is 1. The highest BCUT2D eigenvalue weighted by atomic mass is 16.5. The SMILES string of the molecule is CCOC(=O)C1=NN(c2ccccc2)[C@@]2(C1)C(=O)Nc1ccc(OC)cc12. The van der Waals surface area contributed by atoms with E-state index in [9.17, 15) is 9.59 Å². The molecule has 0 unspecified atom stereocenters. The average Bonchev–Trinajstić information content (AvgIpc) is 3.22. The van der Waals surface area contributed by atoms with Crippen LogP contribution in [0.5, 0.6) is 5.75 Å². The number of nitrogens with zero attached hydrogens (tertiary/aromatic N) is 2. The number of benzene rings is 2. The fourth-order valence-corrected chi connectivity index (χ4v) is 3.57. The lowest BCUT2D eigenvalue weighted by molar-refractivity contribution is -0.135. The molecular weight excluding hydrogens is 346 g/mol. The van der Waals surface area contributed by atoms with Crippen LogP contribution >= 0.6 is 0 Å². The van der Waals surface area contributed by atoms with Crippen LogP contribution in [0.2, 0.25) is 0 Å². The Morgan fingerprint density at radius 2 is 2.04 bits per heavy atom. The number of hydrazone groups is 1. The quantitative estimate of drug-likeness (QED) is 0.843. The molecule has 7 nitrogen and oxygen atoms in total. The molecule has 0 bridgehead atoms. The van der Waals surface area contributed by atoms with E-state index in [1.165, 1.54) is 0 Å². The van der Waals surface area contributed by atoms with Crippen LogP contribution < -0.4 is 15.1 Å². The van der Waals surface area contributed by atoms with E-state index in [1.54, 1.807) is 31.2 Å². The molecule has 2 heterocycles. The van der Waals surface area contributed by atoms with Gasteiger partial charge >= 0.3 is 5.97 Å². The number of methoxy groups -OCH3 is 1. The molecule has 0 aliphatic carbocycles. The van der Waals surface area contributed by atoms with Crippen LogP contribution in [-0.2, 0) is 19.9 Å². The summed E-state index contributed by atoms with van der Waals surface area (Å²) in [5, 5.41) is 9.01. The van der Waals surface area contributed by atoms with E-state index in [0.29, 0.717) is 17.1 Å². The fourth-order valence-electron chi connectivity index (χ4n) is 3.57. The minimum Gasteiger partial charge on any atom is -0.497 e. The van der Waals surface area contributed by atoms with E-state index in [1.807, 2.05) is 36.4 Å². The lowest BCUT2D eigenvalue weighted by atomic mass is 9.86. The molecule has 1 N–H and O–H groups in total. The number of nitrogens with one attached hydrogen (secondary N) is 1. The first-order valence-corrected chi connectivity index (χ1v) is 8.70. The summed E-state index contributed by atoms with van der Waals surface area (Å²) >= 11 is 0. The van der Waals surface area contributed by atoms with Gasteiger partial charge in [-0.15, -0.1) is 0 Å². The van der Waals surface area contributed by atoms with Crippen molar-refractivity contribution in [3.8, 4) is 5.75 Å². The van der Waals surface area contributed by atoms with Gasteiger partial charge in [-0.25, -0.2) is 9.80 Å². The molecule has 2 aliphatic heterocycles. The second-order valence-electron chi connectivity index (χ2n) is 6.32.